The highest BCUT2D eigenvalue weighted by Gasteiger charge is 2.11. The summed E-state index contributed by atoms with van der Waals surface area (Å²) in [4.78, 5) is 15.8. The minimum atomic E-state index is -0.446. The largest absolute Gasteiger partial charge is 0.465 e. The van der Waals surface area contributed by atoms with Crippen LogP contribution in [0.1, 0.15) is 10.4 Å². The summed E-state index contributed by atoms with van der Waals surface area (Å²) in [5.74, 6) is -0.0962. The molecule has 2 aromatic rings. The van der Waals surface area contributed by atoms with Crippen molar-refractivity contribution >= 4 is 29.1 Å². The van der Waals surface area contributed by atoms with E-state index in [2.05, 4.69) is 14.8 Å². The molecule has 1 aromatic heterocycles. The fourth-order valence-electron chi connectivity index (χ4n) is 1.65. The molecular formula is C13H13ClN4O2. The number of aliphatic imine (C=N–C) groups is 1. The normalized spacial score (nSPS) is 11.4. The Labute approximate surface area is 120 Å². The molecule has 0 aliphatic heterocycles. The summed E-state index contributed by atoms with van der Waals surface area (Å²) in [6.45, 7) is 0. The smallest absolute Gasteiger partial charge is 0.337 e. The van der Waals surface area contributed by atoms with Gasteiger partial charge in [0.15, 0.2) is 0 Å². The standard InChI is InChI=1S/C13H13ClN4O2/c1-20-13(19)9-3-4-11(18-6-2-5-16-18)10(7-9)17-12(15)8-14/h2-7H,8H2,1H3,(H2,15,17). The average molecular weight is 293 g/mol. The van der Waals surface area contributed by atoms with E-state index in [9.17, 15) is 4.79 Å². The Balaban J connectivity index is 2.54. The number of aromatic nitrogens is 2. The van der Waals surface area contributed by atoms with Gasteiger partial charge in [0.1, 0.15) is 5.84 Å². The molecule has 0 radical (unpaired) electrons. The molecular weight excluding hydrogens is 280 g/mol. The maximum atomic E-state index is 11.6. The maximum absolute atomic E-state index is 11.6. The van der Waals surface area contributed by atoms with Gasteiger partial charge in [-0.05, 0) is 24.3 Å². The number of hydrogen-bond donors (Lipinski definition) is 1. The third-order valence-electron chi connectivity index (χ3n) is 2.55. The van der Waals surface area contributed by atoms with E-state index < -0.39 is 5.97 Å². The number of methoxy groups -OCH3 is 1. The van der Waals surface area contributed by atoms with E-state index in [4.69, 9.17) is 17.3 Å². The van der Waals surface area contributed by atoms with Gasteiger partial charge in [-0.1, -0.05) is 0 Å². The predicted octanol–water partition coefficient (Wildman–Crippen LogP) is 1.89. The molecule has 2 N–H and O–H groups in total. The molecule has 6 nitrogen and oxygen atoms in total. The Morgan fingerprint density at radius 1 is 1.55 bits per heavy atom. The van der Waals surface area contributed by atoms with E-state index >= 15 is 0 Å². The van der Waals surface area contributed by atoms with Crippen LogP contribution in [0.15, 0.2) is 41.7 Å². The fraction of sp³-hybridized carbons (Fsp3) is 0.154. The van der Waals surface area contributed by atoms with Crippen LogP contribution in [-0.2, 0) is 4.74 Å². The molecule has 104 valence electrons. The van der Waals surface area contributed by atoms with Gasteiger partial charge in [0.2, 0.25) is 0 Å². The Kier molecular flexibility index (Phi) is 4.37. The third kappa shape index (κ3) is 2.97. The molecule has 0 fully saturated rings. The van der Waals surface area contributed by atoms with Crippen LogP contribution in [0.2, 0.25) is 0 Å². The lowest BCUT2D eigenvalue weighted by Crippen LogP contribution is -2.13. The minimum Gasteiger partial charge on any atom is -0.465 e. The van der Waals surface area contributed by atoms with E-state index in [0.29, 0.717) is 16.9 Å². The van der Waals surface area contributed by atoms with E-state index in [1.165, 1.54) is 7.11 Å². The lowest BCUT2D eigenvalue weighted by atomic mass is 10.1. The zero-order valence-electron chi connectivity index (χ0n) is 10.8. The number of halogens is 1. The number of rotatable bonds is 4. The molecule has 0 saturated heterocycles. The average Bonchev–Trinajstić information content (AvgIpc) is 3.00. The highest BCUT2D eigenvalue weighted by atomic mass is 35.5. The first kappa shape index (κ1) is 14.1. The van der Waals surface area contributed by atoms with Gasteiger partial charge < -0.3 is 10.5 Å². The molecule has 0 aliphatic rings. The Bertz CT molecular complexity index is 638. The zero-order chi connectivity index (χ0) is 14.5. The van der Waals surface area contributed by atoms with Crippen molar-refractivity contribution in [3.63, 3.8) is 0 Å². The van der Waals surface area contributed by atoms with Crippen LogP contribution in [-0.4, -0.2) is 34.6 Å². The van der Waals surface area contributed by atoms with Crippen LogP contribution in [0, 0.1) is 0 Å². The SMILES string of the molecule is COC(=O)c1ccc(-n2cccn2)c(N=C(N)CCl)c1. The number of nitrogens with zero attached hydrogens (tertiary/aromatic N) is 3. The second-order valence-electron chi connectivity index (χ2n) is 3.88. The lowest BCUT2D eigenvalue weighted by molar-refractivity contribution is 0.0601. The summed E-state index contributed by atoms with van der Waals surface area (Å²) < 4.78 is 6.31. The van der Waals surface area contributed by atoms with E-state index in [1.807, 2.05) is 0 Å². The zero-order valence-corrected chi connectivity index (χ0v) is 11.5. The first-order valence-electron chi connectivity index (χ1n) is 5.77. The van der Waals surface area contributed by atoms with E-state index in [1.54, 1.807) is 41.3 Å². The second-order valence-corrected chi connectivity index (χ2v) is 4.15. The quantitative estimate of drug-likeness (QED) is 0.404. The van der Waals surface area contributed by atoms with Crippen molar-refractivity contribution in [2.45, 2.75) is 0 Å². The molecule has 2 rings (SSSR count). The molecule has 0 unspecified atom stereocenters. The first-order valence-corrected chi connectivity index (χ1v) is 6.30. The van der Waals surface area contributed by atoms with Crippen molar-refractivity contribution in [1.82, 2.24) is 9.78 Å². The van der Waals surface area contributed by atoms with Gasteiger partial charge in [-0.25, -0.2) is 14.5 Å². The molecule has 1 aromatic carbocycles. The number of esters is 1. The topological polar surface area (TPSA) is 82.5 Å². The predicted molar refractivity (Wildman–Crippen MR) is 76.9 cm³/mol. The summed E-state index contributed by atoms with van der Waals surface area (Å²) in [6, 6.07) is 6.73. The highest BCUT2D eigenvalue weighted by molar-refractivity contribution is 6.28. The van der Waals surface area contributed by atoms with Gasteiger partial charge >= 0.3 is 5.97 Å². The van der Waals surface area contributed by atoms with Crippen LogP contribution in [0.4, 0.5) is 5.69 Å². The monoisotopic (exact) mass is 292 g/mol. The number of benzene rings is 1. The number of hydrogen-bond acceptors (Lipinski definition) is 4. The molecule has 7 heteroatoms. The second kappa shape index (κ2) is 6.21. The number of alkyl halides is 1. The fourth-order valence-corrected chi connectivity index (χ4v) is 1.71. The van der Waals surface area contributed by atoms with Crippen LogP contribution in [0.5, 0.6) is 0 Å². The Morgan fingerprint density at radius 2 is 2.35 bits per heavy atom. The van der Waals surface area contributed by atoms with Gasteiger partial charge in [0.25, 0.3) is 0 Å². The summed E-state index contributed by atoms with van der Waals surface area (Å²) in [6.07, 6.45) is 3.41. The number of carbonyl (C=O) groups is 1. The molecule has 0 aliphatic carbocycles. The molecule has 0 atom stereocenters. The van der Waals surface area contributed by atoms with Crippen LogP contribution < -0.4 is 5.73 Å². The number of nitrogens with two attached hydrogens (primary N) is 1. The molecule has 0 saturated carbocycles. The van der Waals surface area contributed by atoms with Crippen LogP contribution in [0.3, 0.4) is 0 Å². The summed E-state index contributed by atoms with van der Waals surface area (Å²) in [7, 11) is 1.32. The van der Waals surface area contributed by atoms with Crippen molar-refractivity contribution in [1.29, 1.82) is 0 Å². The molecule has 0 spiro atoms. The molecule has 0 amide bonds. The van der Waals surface area contributed by atoms with Gasteiger partial charge in [-0.2, -0.15) is 5.10 Å². The van der Waals surface area contributed by atoms with Gasteiger partial charge in [-0.3, -0.25) is 0 Å². The van der Waals surface area contributed by atoms with Gasteiger partial charge in [0.05, 0.1) is 29.9 Å². The number of carbonyl (C=O) groups excluding carboxylic acids is 1. The van der Waals surface area contributed by atoms with Crippen molar-refractivity contribution in [2.75, 3.05) is 13.0 Å². The molecule has 1 heterocycles. The molecule has 20 heavy (non-hydrogen) atoms. The van der Waals surface area contributed by atoms with Crippen molar-refractivity contribution in [2.24, 2.45) is 10.7 Å². The van der Waals surface area contributed by atoms with Gasteiger partial charge in [-0.15, -0.1) is 11.6 Å². The van der Waals surface area contributed by atoms with E-state index in [-0.39, 0.29) is 11.7 Å². The van der Waals surface area contributed by atoms with Crippen LogP contribution >= 0.6 is 11.6 Å². The lowest BCUT2D eigenvalue weighted by Gasteiger charge is -2.08. The summed E-state index contributed by atoms with van der Waals surface area (Å²) in [5.41, 5.74) is 7.22. The van der Waals surface area contributed by atoms with Crippen molar-refractivity contribution in [3.05, 3.63) is 42.2 Å². The van der Waals surface area contributed by atoms with E-state index in [0.717, 1.165) is 0 Å². The maximum Gasteiger partial charge on any atom is 0.337 e. The van der Waals surface area contributed by atoms with Crippen molar-refractivity contribution in [3.8, 4) is 5.69 Å². The summed E-state index contributed by atoms with van der Waals surface area (Å²) in [5, 5.41) is 4.13. The van der Waals surface area contributed by atoms with Crippen molar-refractivity contribution < 1.29 is 9.53 Å². The third-order valence-corrected chi connectivity index (χ3v) is 2.82. The summed E-state index contributed by atoms with van der Waals surface area (Å²) >= 11 is 5.64. The number of amidine groups is 1. The Hall–Kier alpha value is -2.34. The van der Waals surface area contributed by atoms with Gasteiger partial charge in [0, 0.05) is 12.4 Å². The molecule has 0 bridgehead atoms. The van der Waals surface area contributed by atoms with Crippen LogP contribution in [0.25, 0.3) is 5.69 Å². The first-order chi connectivity index (χ1) is 9.65. The minimum absolute atomic E-state index is 0.0982. The Morgan fingerprint density at radius 3 is 2.95 bits per heavy atom. The number of ether oxygens (including phenoxy) is 1. The highest BCUT2D eigenvalue weighted by Crippen LogP contribution is 2.25.